The van der Waals surface area contributed by atoms with Gasteiger partial charge in [-0.15, -0.1) is 0 Å². The summed E-state index contributed by atoms with van der Waals surface area (Å²) in [7, 11) is 0. The Kier molecular flexibility index (Phi) is 6.91. The molecule has 0 aromatic rings. The van der Waals surface area contributed by atoms with Gasteiger partial charge in [0.05, 0.1) is 6.04 Å². The first kappa shape index (κ1) is 18.5. The number of hydrogen-bond acceptors (Lipinski definition) is 4. The molecule has 1 saturated carbocycles. The zero-order valence-electron chi connectivity index (χ0n) is 14.2. The molecule has 0 spiro atoms. The monoisotopic (exact) mass is 311 g/mol. The van der Waals surface area contributed by atoms with E-state index < -0.39 is 17.8 Å². The van der Waals surface area contributed by atoms with Crippen molar-refractivity contribution in [2.24, 2.45) is 5.92 Å². The van der Waals surface area contributed by atoms with Crippen LogP contribution in [-0.4, -0.2) is 29.8 Å². The zero-order chi connectivity index (χ0) is 16.8. The van der Waals surface area contributed by atoms with Crippen LogP contribution < -0.4 is 5.32 Å². The van der Waals surface area contributed by atoms with Crippen LogP contribution in [0.2, 0.25) is 0 Å². The van der Waals surface area contributed by atoms with E-state index >= 15 is 0 Å². The van der Waals surface area contributed by atoms with E-state index in [4.69, 9.17) is 9.47 Å². The van der Waals surface area contributed by atoms with E-state index in [1.54, 1.807) is 6.08 Å². The molecule has 0 aromatic heterocycles. The lowest BCUT2D eigenvalue weighted by atomic mass is 9.81. The van der Waals surface area contributed by atoms with Gasteiger partial charge >= 0.3 is 12.1 Å². The molecule has 5 nitrogen and oxygen atoms in total. The van der Waals surface area contributed by atoms with Crippen LogP contribution >= 0.6 is 0 Å². The van der Waals surface area contributed by atoms with Crippen molar-refractivity contribution >= 4 is 12.1 Å². The standard InChI is InChI=1S/C17H29NO4/c1-6-14(21-12(2)19)15(13-10-8-7-9-11-13)18-16(20)22-17(3,4)5/h6,13-15H,1,7-11H2,2-5H3,(H,18,20). The Labute approximate surface area is 133 Å². The zero-order valence-corrected chi connectivity index (χ0v) is 14.2. The molecule has 1 fully saturated rings. The lowest BCUT2D eigenvalue weighted by Gasteiger charge is -2.35. The molecule has 0 aliphatic heterocycles. The molecule has 0 radical (unpaired) electrons. The van der Waals surface area contributed by atoms with Crippen LogP contribution in [0, 0.1) is 5.92 Å². The van der Waals surface area contributed by atoms with Gasteiger partial charge in [-0.1, -0.05) is 25.8 Å². The SMILES string of the molecule is C=CC(OC(C)=O)C(NC(=O)OC(C)(C)C)C1CCCCC1. The highest BCUT2D eigenvalue weighted by Crippen LogP contribution is 2.29. The Morgan fingerprint density at radius 1 is 1.23 bits per heavy atom. The summed E-state index contributed by atoms with van der Waals surface area (Å²) in [6.45, 7) is 10.6. The van der Waals surface area contributed by atoms with Crippen LogP contribution in [0.1, 0.15) is 59.8 Å². The van der Waals surface area contributed by atoms with E-state index in [1.165, 1.54) is 13.3 Å². The first-order valence-electron chi connectivity index (χ1n) is 8.02. The number of rotatable bonds is 5. The van der Waals surface area contributed by atoms with Gasteiger partial charge in [0.1, 0.15) is 11.7 Å². The number of ether oxygens (including phenoxy) is 2. The van der Waals surface area contributed by atoms with Gasteiger partial charge in [0, 0.05) is 6.92 Å². The van der Waals surface area contributed by atoms with Crippen molar-refractivity contribution in [1.82, 2.24) is 5.32 Å². The van der Waals surface area contributed by atoms with Crippen molar-refractivity contribution in [1.29, 1.82) is 0 Å². The molecule has 0 saturated heterocycles. The summed E-state index contributed by atoms with van der Waals surface area (Å²) in [6, 6.07) is -0.295. The lowest BCUT2D eigenvalue weighted by molar-refractivity contribution is -0.146. The highest BCUT2D eigenvalue weighted by molar-refractivity contribution is 5.69. The molecule has 1 aliphatic carbocycles. The number of esters is 1. The molecule has 0 heterocycles. The molecule has 5 heteroatoms. The van der Waals surface area contributed by atoms with E-state index in [2.05, 4.69) is 11.9 Å². The summed E-state index contributed by atoms with van der Waals surface area (Å²) in [5.74, 6) is -0.111. The third-order valence-corrected chi connectivity index (χ3v) is 3.73. The first-order chi connectivity index (χ1) is 10.2. The van der Waals surface area contributed by atoms with Gasteiger partial charge in [0.25, 0.3) is 0 Å². The molecule has 1 rings (SSSR count). The number of amides is 1. The van der Waals surface area contributed by atoms with Gasteiger partial charge in [-0.2, -0.15) is 0 Å². The molecule has 22 heavy (non-hydrogen) atoms. The third-order valence-electron chi connectivity index (χ3n) is 3.73. The van der Waals surface area contributed by atoms with Crippen LogP contribution in [0.25, 0.3) is 0 Å². The Hall–Kier alpha value is -1.52. The van der Waals surface area contributed by atoms with Crippen molar-refractivity contribution in [2.75, 3.05) is 0 Å². The van der Waals surface area contributed by atoms with Crippen LogP contribution in [0.4, 0.5) is 4.79 Å². The molecular weight excluding hydrogens is 282 g/mol. The van der Waals surface area contributed by atoms with E-state index in [-0.39, 0.29) is 17.9 Å². The number of alkyl carbamates (subject to hydrolysis) is 1. The second-order valence-electron chi connectivity index (χ2n) is 6.88. The number of hydrogen-bond donors (Lipinski definition) is 1. The van der Waals surface area contributed by atoms with Crippen molar-refractivity contribution in [3.8, 4) is 0 Å². The fraction of sp³-hybridized carbons (Fsp3) is 0.765. The Balaban J connectivity index is 2.82. The molecular formula is C17H29NO4. The summed E-state index contributed by atoms with van der Waals surface area (Å²) >= 11 is 0. The minimum atomic E-state index is -0.563. The molecule has 1 N–H and O–H groups in total. The quantitative estimate of drug-likeness (QED) is 0.622. The number of carbonyl (C=O) groups excluding carboxylic acids is 2. The van der Waals surface area contributed by atoms with E-state index in [1.807, 2.05) is 20.8 Å². The second-order valence-corrected chi connectivity index (χ2v) is 6.88. The third kappa shape index (κ3) is 6.50. The normalized spacial score (nSPS) is 18.9. The van der Waals surface area contributed by atoms with Gasteiger partial charge in [-0.05, 0) is 45.6 Å². The maximum absolute atomic E-state index is 12.1. The molecule has 2 unspecified atom stereocenters. The highest BCUT2D eigenvalue weighted by Gasteiger charge is 2.33. The predicted molar refractivity (Wildman–Crippen MR) is 85.5 cm³/mol. The Morgan fingerprint density at radius 3 is 2.27 bits per heavy atom. The van der Waals surface area contributed by atoms with Gasteiger partial charge in [0.2, 0.25) is 0 Å². The summed E-state index contributed by atoms with van der Waals surface area (Å²) in [6.07, 6.45) is 6.04. The van der Waals surface area contributed by atoms with E-state index in [9.17, 15) is 9.59 Å². The highest BCUT2D eigenvalue weighted by atomic mass is 16.6. The summed E-state index contributed by atoms with van der Waals surface area (Å²) < 4.78 is 10.7. The maximum atomic E-state index is 12.1. The van der Waals surface area contributed by atoms with Crippen molar-refractivity contribution in [3.63, 3.8) is 0 Å². The maximum Gasteiger partial charge on any atom is 0.408 e. The average molecular weight is 311 g/mol. The topological polar surface area (TPSA) is 64.6 Å². The second kappa shape index (κ2) is 8.20. The average Bonchev–Trinajstić information content (AvgIpc) is 2.41. The minimum Gasteiger partial charge on any atom is -0.456 e. The van der Waals surface area contributed by atoms with Crippen LogP contribution in [0.15, 0.2) is 12.7 Å². The summed E-state index contributed by atoms with van der Waals surface area (Å²) in [5, 5.41) is 2.89. The van der Waals surface area contributed by atoms with Crippen LogP contribution in [0.3, 0.4) is 0 Å². The molecule has 126 valence electrons. The van der Waals surface area contributed by atoms with E-state index in [0.717, 1.165) is 25.7 Å². The Morgan fingerprint density at radius 2 is 1.82 bits per heavy atom. The number of carbonyl (C=O) groups is 2. The molecule has 1 amide bonds. The van der Waals surface area contributed by atoms with Crippen molar-refractivity contribution in [2.45, 2.75) is 77.5 Å². The Bertz CT molecular complexity index is 394. The van der Waals surface area contributed by atoms with Gasteiger partial charge < -0.3 is 14.8 Å². The number of nitrogens with one attached hydrogen (secondary N) is 1. The van der Waals surface area contributed by atoms with Gasteiger partial charge in [0.15, 0.2) is 0 Å². The van der Waals surface area contributed by atoms with Crippen molar-refractivity contribution < 1.29 is 19.1 Å². The first-order valence-corrected chi connectivity index (χ1v) is 8.02. The largest absolute Gasteiger partial charge is 0.456 e. The fourth-order valence-corrected chi connectivity index (χ4v) is 2.86. The van der Waals surface area contributed by atoms with Gasteiger partial charge in [-0.3, -0.25) is 4.79 Å². The van der Waals surface area contributed by atoms with E-state index in [0.29, 0.717) is 0 Å². The molecule has 0 aromatic carbocycles. The summed E-state index contributed by atoms with van der Waals surface area (Å²) in [4.78, 5) is 23.4. The molecule has 0 bridgehead atoms. The molecule has 1 aliphatic rings. The van der Waals surface area contributed by atoms with Crippen LogP contribution in [0.5, 0.6) is 0 Å². The lowest BCUT2D eigenvalue weighted by Crippen LogP contribution is -2.50. The summed E-state index contributed by atoms with van der Waals surface area (Å²) in [5.41, 5.74) is -0.563. The predicted octanol–water partition coefficient (Wildman–Crippen LogP) is 3.58. The van der Waals surface area contributed by atoms with Crippen LogP contribution in [-0.2, 0) is 14.3 Å². The van der Waals surface area contributed by atoms with Gasteiger partial charge in [-0.25, -0.2) is 4.79 Å². The smallest absolute Gasteiger partial charge is 0.408 e. The fourth-order valence-electron chi connectivity index (χ4n) is 2.86. The van der Waals surface area contributed by atoms with Crippen molar-refractivity contribution in [3.05, 3.63) is 12.7 Å². The molecule has 2 atom stereocenters. The minimum absolute atomic E-state index is 0.267.